The SMILES string of the molecule is C[N+](Cc1ccccc1)=C1C=CC2=C(c3ccc(NC(=O)CCl)cc3)c3ccc(-n4cc(CC5CCCCC5)nn4)n3[B]N21. The molecule has 0 atom stereocenters. The highest BCUT2D eigenvalue weighted by molar-refractivity contribution is 6.40. The lowest BCUT2D eigenvalue weighted by molar-refractivity contribution is -0.516. The van der Waals surface area contributed by atoms with E-state index < -0.39 is 0 Å². The molecule has 0 unspecified atom stereocenters. The summed E-state index contributed by atoms with van der Waals surface area (Å²) in [6.45, 7) is 0.779. The summed E-state index contributed by atoms with van der Waals surface area (Å²) in [5.74, 6) is 2.40. The van der Waals surface area contributed by atoms with Gasteiger partial charge < -0.3 is 9.79 Å². The molecule has 44 heavy (non-hydrogen) atoms. The first-order chi connectivity index (χ1) is 21.6. The van der Waals surface area contributed by atoms with E-state index in [0.717, 1.165) is 52.8 Å². The highest BCUT2D eigenvalue weighted by Crippen LogP contribution is 2.37. The number of alkyl halides is 1. The summed E-state index contributed by atoms with van der Waals surface area (Å²) in [5.41, 5.74) is 7.29. The Bertz CT molecular complexity index is 1760. The Balaban J connectivity index is 1.26. The molecule has 10 heteroatoms. The number of carbonyl (C=O) groups is 1. The Kier molecular flexibility index (Phi) is 7.96. The Morgan fingerprint density at radius 2 is 1.82 bits per heavy atom. The fraction of sp³-hybridized carbons (Fsp3) is 0.294. The molecule has 4 heterocycles. The Hall–Kier alpha value is -4.37. The van der Waals surface area contributed by atoms with Crippen LogP contribution in [0.4, 0.5) is 5.69 Å². The lowest BCUT2D eigenvalue weighted by Gasteiger charge is -2.26. The van der Waals surface area contributed by atoms with E-state index in [1.165, 1.54) is 37.7 Å². The van der Waals surface area contributed by atoms with E-state index in [9.17, 15) is 4.79 Å². The molecule has 0 bridgehead atoms. The average Bonchev–Trinajstić information content (AvgIpc) is 3.80. The highest BCUT2D eigenvalue weighted by Gasteiger charge is 2.40. The monoisotopic (exact) mass is 603 g/mol. The molecule has 0 spiro atoms. The van der Waals surface area contributed by atoms with Gasteiger partial charge in [0.1, 0.15) is 23.9 Å². The quantitative estimate of drug-likeness (QED) is 0.161. The molecule has 1 N–H and O–H groups in total. The second-order valence-corrected chi connectivity index (χ2v) is 12.1. The van der Waals surface area contributed by atoms with Gasteiger partial charge in [-0.2, -0.15) is 0 Å². The molecule has 1 fully saturated rings. The molecule has 2 aromatic carbocycles. The van der Waals surface area contributed by atoms with Crippen LogP contribution in [0.1, 0.15) is 54.6 Å². The molecule has 1 saturated carbocycles. The third-order valence-electron chi connectivity index (χ3n) is 8.77. The van der Waals surface area contributed by atoms with Gasteiger partial charge in [0, 0.05) is 23.0 Å². The molecular weight excluding hydrogens is 569 g/mol. The van der Waals surface area contributed by atoms with Crippen molar-refractivity contribution in [3.63, 3.8) is 0 Å². The van der Waals surface area contributed by atoms with Crippen LogP contribution in [-0.2, 0) is 17.8 Å². The van der Waals surface area contributed by atoms with Crippen LogP contribution in [-0.4, -0.2) is 61.1 Å². The number of hydrogen-bond donors (Lipinski definition) is 1. The van der Waals surface area contributed by atoms with E-state index in [1.54, 1.807) is 0 Å². The van der Waals surface area contributed by atoms with Gasteiger partial charge >= 0.3 is 7.55 Å². The molecule has 0 saturated heterocycles. The molecule has 1 aliphatic carbocycles. The minimum atomic E-state index is -0.228. The molecule has 1 radical (unpaired) electrons. The number of allylic oxidation sites excluding steroid dienone is 1. The first kappa shape index (κ1) is 28.4. The zero-order valence-electron chi connectivity index (χ0n) is 24.9. The van der Waals surface area contributed by atoms with E-state index in [-0.39, 0.29) is 11.8 Å². The van der Waals surface area contributed by atoms with Crippen LogP contribution in [0.25, 0.3) is 11.4 Å². The van der Waals surface area contributed by atoms with Crippen LogP contribution in [0.3, 0.4) is 0 Å². The molecule has 2 aromatic heterocycles. The maximum Gasteiger partial charge on any atom is 0.553 e. The van der Waals surface area contributed by atoms with Crippen molar-refractivity contribution in [3.05, 3.63) is 113 Å². The van der Waals surface area contributed by atoms with Gasteiger partial charge in [-0.15, -0.1) is 16.7 Å². The Morgan fingerprint density at radius 1 is 1.02 bits per heavy atom. The van der Waals surface area contributed by atoms with E-state index in [1.807, 2.05) is 35.0 Å². The summed E-state index contributed by atoms with van der Waals surface area (Å²) in [6, 6.07) is 22.7. The zero-order chi connectivity index (χ0) is 30.0. The maximum atomic E-state index is 11.9. The van der Waals surface area contributed by atoms with Gasteiger partial charge in [0.25, 0.3) is 5.84 Å². The highest BCUT2D eigenvalue weighted by atomic mass is 35.5. The number of hydrogen-bond acceptors (Lipinski definition) is 3. The average molecular weight is 604 g/mol. The number of rotatable bonds is 8. The van der Waals surface area contributed by atoms with E-state index in [0.29, 0.717) is 11.6 Å². The number of fused-ring (bicyclic) bond motifs is 2. The normalized spacial score (nSPS) is 17.4. The van der Waals surface area contributed by atoms with Crippen LogP contribution in [0.2, 0.25) is 0 Å². The van der Waals surface area contributed by atoms with Gasteiger partial charge in [0.05, 0.1) is 18.9 Å². The van der Waals surface area contributed by atoms with Gasteiger partial charge in [0.15, 0.2) is 0 Å². The van der Waals surface area contributed by atoms with Crippen molar-refractivity contribution in [2.24, 2.45) is 5.92 Å². The number of aromatic nitrogens is 4. The predicted molar refractivity (Wildman–Crippen MR) is 175 cm³/mol. The number of carbonyl (C=O) groups excluding carboxylic acids is 1. The lowest BCUT2D eigenvalue weighted by atomic mass is 9.86. The molecule has 7 rings (SSSR count). The van der Waals surface area contributed by atoms with Crippen LogP contribution in [0, 0.1) is 5.92 Å². The molecule has 1 amide bonds. The number of halogens is 1. The number of amides is 1. The first-order valence-corrected chi connectivity index (χ1v) is 15.9. The summed E-state index contributed by atoms with van der Waals surface area (Å²) >= 11 is 5.71. The number of benzene rings is 2. The fourth-order valence-electron chi connectivity index (χ4n) is 6.61. The Labute approximate surface area is 263 Å². The standard InChI is InChI=1S/C34H34BClN7O/c1-40(22-25-10-6-3-7-11-25)32-18-16-29-34(26-12-14-27(15-13-26)37-31(44)21-36)30-17-19-33(43(30)35-42(29)32)41-23-28(38-39-41)20-24-8-4-2-5-9-24/h3,6-7,10-19,23-24H,2,4-5,8-9,20-22H2,1H3/p+1. The van der Waals surface area contributed by atoms with Crippen LogP contribution < -0.4 is 5.32 Å². The van der Waals surface area contributed by atoms with Crippen LogP contribution in [0.5, 0.6) is 0 Å². The summed E-state index contributed by atoms with van der Waals surface area (Å²) in [6.07, 6.45) is 14.0. The van der Waals surface area contributed by atoms with Crippen molar-refractivity contribution in [2.45, 2.75) is 45.1 Å². The van der Waals surface area contributed by atoms with Crippen molar-refractivity contribution in [3.8, 4) is 5.82 Å². The number of anilines is 1. The fourth-order valence-corrected chi connectivity index (χ4v) is 6.68. The van der Waals surface area contributed by atoms with Gasteiger partial charge in [-0.05, 0) is 53.8 Å². The van der Waals surface area contributed by atoms with E-state index >= 15 is 0 Å². The van der Waals surface area contributed by atoms with Crippen molar-refractivity contribution in [1.29, 1.82) is 0 Å². The number of nitrogens with one attached hydrogen (secondary N) is 1. The molecule has 3 aliphatic rings. The summed E-state index contributed by atoms with van der Waals surface area (Å²) in [7, 11) is 4.27. The summed E-state index contributed by atoms with van der Waals surface area (Å²) in [4.78, 5) is 14.1. The summed E-state index contributed by atoms with van der Waals surface area (Å²) in [5, 5.41) is 12.0. The van der Waals surface area contributed by atoms with Crippen LogP contribution in [0.15, 0.2) is 90.8 Å². The van der Waals surface area contributed by atoms with Crippen molar-refractivity contribution in [1.82, 2.24) is 24.3 Å². The third-order valence-corrected chi connectivity index (χ3v) is 9.01. The topological polar surface area (TPSA) is 71.0 Å². The smallest absolute Gasteiger partial charge is 0.329 e. The predicted octanol–water partition coefficient (Wildman–Crippen LogP) is 5.64. The minimum absolute atomic E-state index is 0.0807. The number of nitrogens with zero attached hydrogens (tertiary/aromatic N) is 6. The van der Waals surface area contributed by atoms with Gasteiger partial charge in [-0.1, -0.05) is 79.8 Å². The lowest BCUT2D eigenvalue weighted by Crippen LogP contribution is -2.41. The number of amidine groups is 1. The molecule has 2 aliphatic heterocycles. The van der Waals surface area contributed by atoms with Crippen molar-refractivity contribution in [2.75, 3.05) is 18.2 Å². The van der Waals surface area contributed by atoms with Crippen LogP contribution >= 0.6 is 11.6 Å². The Morgan fingerprint density at radius 3 is 2.59 bits per heavy atom. The van der Waals surface area contributed by atoms with Gasteiger partial charge in [-0.25, -0.2) is 4.68 Å². The molecule has 221 valence electrons. The van der Waals surface area contributed by atoms with Gasteiger partial charge in [0.2, 0.25) is 5.91 Å². The third kappa shape index (κ3) is 5.64. The minimum Gasteiger partial charge on any atom is -0.329 e. The van der Waals surface area contributed by atoms with Crippen molar-refractivity contribution < 1.29 is 9.37 Å². The second kappa shape index (κ2) is 12.3. The first-order valence-electron chi connectivity index (χ1n) is 15.4. The molecular formula is C34H35BClN7O+. The molecule has 8 nitrogen and oxygen atoms in total. The summed E-state index contributed by atoms with van der Waals surface area (Å²) < 4.78 is 6.37. The van der Waals surface area contributed by atoms with Crippen molar-refractivity contribution >= 4 is 42.2 Å². The van der Waals surface area contributed by atoms with Gasteiger partial charge in [-0.3, -0.25) is 14.2 Å². The molecule has 4 aromatic rings. The maximum absolute atomic E-state index is 11.9. The largest absolute Gasteiger partial charge is 0.553 e. The zero-order valence-corrected chi connectivity index (χ0v) is 25.6. The van der Waals surface area contributed by atoms with E-state index in [2.05, 4.69) is 98.8 Å². The second-order valence-electron chi connectivity index (χ2n) is 11.8. The van der Waals surface area contributed by atoms with E-state index in [4.69, 9.17) is 11.6 Å².